The molecule has 0 spiro atoms. The molecular formula is C23H28N4O4S2. The molecule has 2 amide bonds. The van der Waals surface area contributed by atoms with E-state index in [4.69, 9.17) is 0 Å². The topological polar surface area (TPSA) is 99.1 Å². The summed E-state index contributed by atoms with van der Waals surface area (Å²) in [6.07, 6.45) is 0.138. The number of benzene rings is 2. The van der Waals surface area contributed by atoms with Crippen molar-refractivity contribution in [3.05, 3.63) is 59.7 Å². The Balaban J connectivity index is 1.68. The Bertz CT molecular complexity index is 1180. The predicted octanol–water partition coefficient (Wildman–Crippen LogP) is 3.02. The van der Waals surface area contributed by atoms with Crippen LogP contribution in [-0.4, -0.2) is 67.0 Å². The molecule has 2 aromatic rings. The lowest BCUT2D eigenvalue weighted by molar-refractivity contribution is -0.126. The Hall–Kier alpha value is -2.69. The highest BCUT2D eigenvalue weighted by Gasteiger charge is 2.30. The van der Waals surface area contributed by atoms with Crippen molar-refractivity contribution in [1.82, 2.24) is 14.5 Å². The Morgan fingerprint density at radius 3 is 2.61 bits per heavy atom. The second-order valence-corrected chi connectivity index (χ2v) is 11.5. The maximum atomic E-state index is 12.9. The third-order valence-electron chi connectivity index (χ3n) is 5.00. The first-order valence-corrected chi connectivity index (χ1v) is 12.8. The third-order valence-corrected chi connectivity index (χ3v) is 7.89. The summed E-state index contributed by atoms with van der Waals surface area (Å²) in [5, 5.41) is 3.47. The third kappa shape index (κ3) is 6.21. The summed E-state index contributed by atoms with van der Waals surface area (Å²) in [5.74, 6) is -0.365. The highest BCUT2D eigenvalue weighted by atomic mass is 32.2. The minimum absolute atomic E-state index is 0.138. The van der Waals surface area contributed by atoms with Crippen LogP contribution in [0.3, 0.4) is 0 Å². The molecule has 0 aromatic heterocycles. The molecule has 1 N–H and O–H groups in total. The van der Waals surface area contributed by atoms with Crippen LogP contribution in [0.15, 0.2) is 58.4 Å². The zero-order chi connectivity index (χ0) is 24.2. The Morgan fingerprint density at radius 1 is 1.18 bits per heavy atom. The second-order valence-electron chi connectivity index (χ2n) is 7.99. The van der Waals surface area contributed by atoms with Crippen LogP contribution < -0.4 is 5.32 Å². The number of hydrogen-bond acceptors (Lipinski definition) is 6. The van der Waals surface area contributed by atoms with Gasteiger partial charge in [0.05, 0.1) is 10.6 Å². The van der Waals surface area contributed by atoms with Crippen molar-refractivity contribution in [3.8, 4) is 0 Å². The van der Waals surface area contributed by atoms with Gasteiger partial charge in [-0.1, -0.05) is 42.4 Å². The first-order chi connectivity index (χ1) is 15.6. The van der Waals surface area contributed by atoms with Crippen LogP contribution in [0, 0.1) is 6.92 Å². The zero-order valence-electron chi connectivity index (χ0n) is 19.1. The van der Waals surface area contributed by atoms with Crippen molar-refractivity contribution >= 4 is 44.5 Å². The molecule has 176 valence electrons. The fourth-order valence-corrected chi connectivity index (χ4v) is 5.24. The molecule has 1 unspecified atom stereocenters. The smallest absolute Gasteiger partial charge is 0.251 e. The molecule has 0 bridgehead atoms. The second kappa shape index (κ2) is 10.5. The van der Waals surface area contributed by atoms with Crippen LogP contribution >= 0.6 is 11.8 Å². The maximum absolute atomic E-state index is 12.9. The molecule has 0 radical (unpaired) electrons. The largest absolute Gasteiger partial charge is 0.352 e. The van der Waals surface area contributed by atoms with E-state index >= 15 is 0 Å². The number of sulfonamides is 1. The molecule has 0 saturated carbocycles. The van der Waals surface area contributed by atoms with Crippen LogP contribution in [0.5, 0.6) is 0 Å². The molecule has 33 heavy (non-hydrogen) atoms. The highest BCUT2D eigenvalue weighted by Crippen LogP contribution is 2.29. The molecule has 8 nitrogen and oxygen atoms in total. The van der Waals surface area contributed by atoms with Gasteiger partial charge in [-0.2, -0.15) is 0 Å². The first kappa shape index (κ1) is 24.9. The van der Waals surface area contributed by atoms with Crippen molar-refractivity contribution in [2.24, 2.45) is 4.99 Å². The number of carbonyl (C=O) groups is 2. The van der Waals surface area contributed by atoms with E-state index in [-0.39, 0.29) is 34.9 Å². The van der Waals surface area contributed by atoms with Crippen LogP contribution in [0.1, 0.15) is 29.3 Å². The predicted molar refractivity (Wildman–Crippen MR) is 131 cm³/mol. The van der Waals surface area contributed by atoms with Gasteiger partial charge in [0.25, 0.3) is 5.91 Å². The minimum Gasteiger partial charge on any atom is -0.352 e. The number of aryl methyl sites for hydroxylation is 1. The van der Waals surface area contributed by atoms with Crippen molar-refractivity contribution < 1.29 is 18.0 Å². The van der Waals surface area contributed by atoms with Crippen LogP contribution in [0.2, 0.25) is 0 Å². The molecule has 10 heteroatoms. The number of aliphatic imine (C=N–C) groups is 1. The van der Waals surface area contributed by atoms with Gasteiger partial charge >= 0.3 is 0 Å². The van der Waals surface area contributed by atoms with E-state index in [1.807, 2.05) is 26.0 Å². The lowest BCUT2D eigenvalue weighted by Crippen LogP contribution is -2.35. The molecule has 1 aliphatic heterocycles. The standard InChI is InChI=1S/C23H28N4O4S2/c1-16-7-5-8-18(13-16)22(29)24-12-11-21(28)27-15-17(2)32-23(27)25-19-9-6-10-20(14-19)33(30,31)26(3)4/h5-10,13-14,17H,11-12,15H2,1-4H3,(H,24,29). The fourth-order valence-electron chi connectivity index (χ4n) is 3.25. The van der Waals surface area contributed by atoms with Crippen molar-refractivity contribution in [2.75, 3.05) is 27.2 Å². The van der Waals surface area contributed by atoms with Gasteiger partial charge in [-0.15, -0.1) is 0 Å². The summed E-state index contributed by atoms with van der Waals surface area (Å²) in [6.45, 7) is 4.63. The number of hydrogen-bond donors (Lipinski definition) is 1. The van der Waals surface area contributed by atoms with Gasteiger partial charge in [-0.05, 0) is 37.3 Å². The summed E-state index contributed by atoms with van der Waals surface area (Å²) in [6, 6.07) is 13.6. The zero-order valence-corrected chi connectivity index (χ0v) is 20.7. The molecular weight excluding hydrogens is 460 g/mol. The van der Waals surface area contributed by atoms with Crippen molar-refractivity contribution in [3.63, 3.8) is 0 Å². The van der Waals surface area contributed by atoms with Gasteiger partial charge in [0.2, 0.25) is 15.9 Å². The summed E-state index contributed by atoms with van der Waals surface area (Å²) in [7, 11) is -0.637. The highest BCUT2D eigenvalue weighted by molar-refractivity contribution is 8.14. The van der Waals surface area contributed by atoms with Crippen LogP contribution in [-0.2, 0) is 14.8 Å². The van der Waals surface area contributed by atoms with Gasteiger partial charge < -0.3 is 5.32 Å². The van der Waals surface area contributed by atoms with E-state index in [1.165, 1.54) is 38.0 Å². The van der Waals surface area contributed by atoms with Gasteiger partial charge in [0, 0.05) is 44.4 Å². The first-order valence-electron chi connectivity index (χ1n) is 10.5. The number of amidine groups is 1. The van der Waals surface area contributed by atoms with Crippen molar-refractivity contribution in [2.45, 2.75) is 30.4 Å². The fraction of sp³-hybridized carbons (Fsp3) is 0.348. The number of rotatable bonds is 7. The van der Waals surface area contributed by atoms with E-state index in [0.717, 1.165) is 9.87 Å². The summed E-state index contributed by atoms with van der Waals surface area (Å²) in [4.78, 5) is 31.5. The van der Waals surface area contributed by atoms with Gasteiger partial charge in [-0.3, -0.25) is 14.5 Å². The van der Waals surface area contributed by atoms with Gasteiger partial charge in [-0.25, -0.2) is 17.7 Å². The monoisotopic (exact) mass is 488 g/mol. The maximum Gasteiger partial charge on any atom is 0.251 e. The van der Waals surface area contributed by atoms with E-state index in [9.17, 15) is 18.0 Å². The SMILES string of the molecule is Cc1cccc(C(=O)NCCC(=O)N2CC(C)SC2=Nc2cccc(S(=O)(=O)N(C)C)c2)c1. The number of amides is 2. The number of carbonyl (C=O) groups excluding carboxylic acids is 2. The molecule has 0 aliphatic carbocycles. The lowest BCUT2D eigenvalue weighted by Gasteiger charge is -2.16. The Labute approximate surface area is 199 Å². The summed E-state index contributed by atoms with van der Waals surface area (Å²) >= 11 is 1.46. The molecule has 2 aromatic carbocycles. The Morgan fingerprint density at radius 2 is 1.91 bits per heavy atom. The number of thioether (sulfide) groups is 1. The van der Waals surface area contributed by atoms with E-state index in [0.29, 0.717) is 23.0 Å². The molecule has 1 saturated heterocycles. The van der Waals surface area contributed by atoms with Crippen molar-refractivity contribution in [1.29, 1.82) is 0 Å². The lowest BCUT2D eigenvalue weighted by atomic mass is 10.1. The van der Waals surface area contributed by atoms with Crippen LogP contribution in [0.25, 0.3) is 0 Å². The molecule has 3 rings (SSSR count). The van der Waals surface area contributed by atoms with E-state index in [1.54, 1.807) is 29.2 Å². The average molecular weight is 489 g/mol. The molecule has 1 heterocycles. The quantitative estimate of drug-likeness (QED) is 0.646. The minimum atomic E-state index is -3.58. The summed E-state index contributed by atoms with van der Waals surface area (Å²) in [5.41, 5.74) is 2.01. The van der Waals surface area contributed by atoms with Gasteiger partial charge in [0.15, 0.2) is 5.17 Å². The Kier molecular flexibility index (Phi) is 7.93. The van der Waals surface area contributed by atoms with E-state index in [2.05, 4.69) is 10.3 Å². The average Bonchev–Trinajstić information content (AvgIpc) is 3.13. The van der Waals surface area contributed by atoms with Gasteiger partial charge in [0.1, 0.15) is 0 Å². The van der Waals surface area contributed by atoms with E-state index < -0.39 is 10.0 Å². The molecule has 1 aliphatic rings. The molecule has 1 fully saturated rings. The normalized spacial score (nSPS) is 17.5. The number of nitrogens with zero attached hydrogens (tertiary/aromatic N) is 3. The summed E-state index contributed by atoms with van der Waals surface area (Å²) < 4.78 is 26.0. The number of nitrogens with one attached hydrogen (secondary N) is 1. The molecule has 1 atom stereocenters. The van der Waals surface area contributed by atoms with Crippen LogP contribution in [0.4, 0.5) is 5.69 Å².